The highest BCUT2D eigenvalue weighted by molar-refractivity contribution is 5.16. The Hall–Kier alpha value is -2.47. The molecule has 0 bridgehead atoms. The second kappa shape index (κ2) is 6.32. The zero-order chi connectivity index (χ0) is 14.5. The minimum atomic E-state index is -0.220. The second-order valence-corrected chi connectivity index (χ2v) is 4.86. The third-order valence-corrected chi connectivity index (χ3v) is 3.15. The molecule has 21 heavy (non-hydrogen) atoms. The monoisotopic (exact) mass is 285 g/mol. The average Bonchev–Trinajstić information content (AvgIpc) is 3.14. The molecular formula is C15H16FN5. The molecule has 0 aliphatic carbocycles. The molecular weight excluding hydrogens is 269 g/mol. The summed E-state index contributed by atoms with van der Waals surface area (Å²) in [4.78, 5) is 0. The lowest BCUT2D eigenvalue weighted by Gasteiger charge is -2.02. The van der Waals surface area contributed by atoms with Crippen LogP contribution in [0.2, 0.25) is 0 Å². The first-order valence-corrected chi connectivity index (χ1v) is 6.74. The maximum atomic E-state index is 12.8. The predicted octanol–water partition coefficient (Wildman–Crippen LogP) is 2.08. The fourth-order valence-electron chi connectivity index (χ4n) is 2.09. The highest BCUT2D eigenvalue weighted by Gasteiger charge is 2.01. The minimum absolute atomic E-state index is 0.220. The smallest absolute Gasteiger partial charge is 0.123 e. The van der Waals surface area contributed by atoms with E-state index in [4.69, 9.17) is 0 Å². The van der Waals surface area contributed by atoms with Gasteiger partial charge in [0.1, 0.15) is 5.82 Å². The van der Waals surface area contributed by atoms with Crippen molar-refractivity contribution in [1.82, 2.24) is 25.3 Å². The standard InChI is InChI=1S/C15H16FN5/c16-14-3-1-12(2-4-14)10-21-11-13(8-19-21)7-17-9-15-5-6-18-20-15/h1-6,8,11,17H,7,9-10H2,(H,18,20). The average molecular weight is 285 g/mol. The third-order valence-electron chi connectivity index (χ3n) is 3.15. The van der Waals surface area contributed by atoms with Crippen molar-refractivity contribution in [3.05, 3.63) is 71.6 Å². The first kappa shape index (κ1) is 13.5. The molecule has 108 valence electrons. The van der Waals surface area contributed by atoms with Crippen LogP contribution in [0.5, 0.6) is 0 Å². The largest absolute Gasteiger partial charge is 0.307 e. The Labute approximate surface area is 121 Å². The first-order chi connectivity index (χ1) is 10.3. The summed E-state index contributed by atoms with van der Waals surface area (Å²) in [6.45, 7) is 2.12. The van der Waals surface area contributed by atoms with Crippen LogP contribution in [0.1, 0.15) is 16.8 Å². The summed E-state index contributed by atoms with van der Waals surface area (Å²) in [7, 11) is 0. The fraction of sp³-hybridized carbons (Fsp3) is 0.200. The van der Waals surface area contributed by atoms with Gasteiger partial charge in [0.15, 0.2) is 0 Å². The van der Waals surface area contributed by atoms with Crippen LogP contribution in [0.25, 0.3) is 0 Å². The molecule has 3 aromatic rings. The normalized spacial score (nSPS) is 10.9. The van der Waals surface area contributed by atoms with E-state index in [9.17, 15) is 4.39 Å². The number of hydrogen-bond acceptors (Lipinski definition) is 3. The summed E-state index contributed by atoms with van der Waals surface area (Å²) in [6, 6.07) is 8.41. The van der Waals surface area contributed by atoms with E-state index in [1.54, 1.807) is 18.3 Å². The molecule has 6 heteroatoms. The summed E-state index contributed by atoms with van der Waals surface area (Å²) in [5.41, 5.74) is 3.18. The van der Waals surface area contributed by atoms with Gasteiger partial charge in [-0.15, -0.1) is 0 Å². The molecule has 0 amide bonds. The van der Waals surface area contributed by atoms with Crippen LogP contribution in [0.3, 0.4) is 0 Å². The van der Waals surface area contributed by atoms with E-state index in [2.05, 4.69) is 20.6 Å². The highest BCUT2D eigenvalue weighted by Crippen LogP contribution is 2.06. The molecule has 0 radical (unpaired) electrons. The summed E-state index contributed by atoms with van der Waals surface area (Å²) in [5.74, 6) is -0.220. The quantitative estimate of drug-likeness (QED) is 0.729. The highest BCUT2D eigenvalue weighted by atomic mass is 19.1. The number of nitrogens with one attached hydrogen (secondary N) is 2. The maximum absolute atomic E-state index is 12.8. The molecule has 3 rings (SSSR count). The summed E-state index contributed by atoms with van der Waals surface area (Å²) in [6.07, 6.45) is 5.56. The van der Waals surface area contributed by atoms with Gasteiger partial charge < -0.3 is 5.32 Å². The van der Waals surface area contributed by atoms with Gasteiger partial charge in [-0.05, 0) is 23.8 Å². The van der Waals surface area contributed by atoms with Crippen LogP contribution < -0.4 is 5.32 Å². The molecule has 2 aromatic heterocycles. The van der Waals surface area contributed by atoms with Crippen LogP contribution >= 0.6 is 0 Å². The lowest BCUT2D eigenvalue weighted by molar-refractivity contribution is 0.624. The number of nitrogens with zero attached hydrogens (tertiary/aromatic N) is 3. The van der Waals surface area contributed by atoms with E-state index >= 15 is 0 Å². The van der Waals surface area contributed by atoms with Crippen molar-refractivity contribution in [3.63, 3.8) is 0 Å². The van der Waals surface area contributed by atoms with Gasteiger partial charge in [-0.25, -0.2) is 4.39 Å². The topological polar surface area (TPSA) is 58.5 Å². The maximum Gasteiger partial charge on any atom is 0.123 e. The molecule has 5 nitrogen and oxygen atoms in total. The zero-order valence-electron chi connectivity index (χ0n) is 11.5. The van der Waals surface area contributed by atoms with Crippen LogP contribution in [-0.4, -0.2) is 20.0 Å². The van der Waals surface area contributed by atoms with E-state index in [1.165, 1.54) is 12.1 Å². The number of aromatic amines is 1. The molecule has 0 saturated heterocycles. The first-order valence-electron chi connectivity index (χ1n) is 6.74. The SMILES string of the molecule is Fc1ccc(Cn2cc(CNCc3ccn[nH]3)cn2)cc1. The van der Waals surface area contributed by atoms with Gasteiger partial charge in [0.05, 0.1) is 12.7 Å². The molecule has 0 unspecified atom stereocenters. The van der Waals surface area contributed by atoms with Crippen molar-refractivity contribution in [2.45, 2.75) is 19.6 Å². The number of halogens is 1. The van der Waals surface area contributed by atoms with Gasteiger partial charge in [-0.3, -0.25) is 9.78 Å². The van der Waals surface area contributed by atoms with E-state index in [0.717, 1.165) is 29.9 Å². The second-order valence-electron chi connectivity index (χ2n) is 4.86. The van der Waals surface area contributed by atoms with Gasteiger partial charge in [0.2, 0.25) is 0 Å². The Morgan fingerprint density at radius 1 is 1.10 bits per heavy atom. The molecule has 0 spiro atoms. The molecule has 2 N–H and O–H groups in total. The Bertz CT molecular complexity index is 672. The lowest BCUT2D eigenvalue weighted by atomic mass is 10.2. The van der Waals surface area contributed by atoms with Crippen molar-refractivity contribution in [2.24, 2.45) is 0 Å². The van der Waals surface area contributed by atoms with Gasteiger partial charge >= 0.3 is 0 Å². The molecule has 0 aliphatic rings. The van der Waals surface area contributed by atoms with Crippen LogP contribution in [-0.2, 0) is 19.6 Å². The zero-order valence-corrected chi connectivity index (χ0v) is 11.5. The molecule has 0 saturated carbocycles. The molecule has 1 aromatic carbocycles. The Morgan fingerprint density at radius 2 is 1.95 bits per heavy atom. The van der Waals surface area contributed by atoms with Crippen molar-refractivity contribution >= 4 is 0 Å². The van der Waals surface area contributed by atoms with E-state index in [0.29, 0.717) is 6.54 Å². The van der Waals surface area contributed by atoms with Crippen LogP contribution in [0, 0.1) is 5.82 Å². The minimum Gasteiger partial charge on any atom is -0.307 e. The number of H-pyrrole nitrogens is 1. The number of rotatable bonds is 6. The van der Waals surface area contributed by atoms with Gasteiger partial charge in [-0.2, -0.15) is 10.2 Å². The van der Waals surface area contributed by atoms with Crippen LogP contribution in [0.4, 0.5) is 4.39 Å². The summed E-state index contributed by atoms with van der Waals surface area (Å²) >= 11 is 0. The van der Waals surface area contributed by atoms with Crippen LogP contribution in [0.15, 0.2) is 48.9 Å². The van der Waals surface area contributed by atoms with Crippen molar-refractivity contribution in [3.8, 4) is 0 Å². The van der Waals surface area contributed by atoms with Crippen molar-refractivity contribution < 1.29 is 4.39 Å². The molecule has 0 atom stereocenters. The Balaban J connectivity index is 1.52. The lowest BCUT2D eigenvalue weighted by Crippen LogP contribution is -2.12. The van der Waals surface area contributed by atoms with Crippen molar-refractivity contribution in [1.29, 1.82) is 0 Å². The Morgan fingerprint density at radius 3 is 2.71 bits per heavy atom. The molecule has 0 aliphatic heterocycles. The summed E-state index contributed by atoms with van der Waals surface area (Å²) in [5, 5.41) is 14.4. The predicted molar refractivity (Wildman–Crippen MR) is 76.9 cm³/mol. The van der Waals surface area contributed by atoms with Gasteiger partial charge in [-0.1, -0.05) is 12.1 Å². The molecule has 2 heterocycles. The van der Waals surface area contributed by atoms with Crippen molar-refractivity contribution in [2.75, 3.05) is 0 Å². The fourth-order valence-corrected chi connectivity index (χ4v) is 2.09. The van der Waals surface area contributed by atoms with E-state index < -0.39 is 0 Å². The number of hydrogen-bond donors (Lipinski definition) is 2. The number of aromatic nitrogens is 4. The van der Waals surface area contributed by atoms with Gasteiger partial charge in [0.25, 0.3) is 0 Å². The Kier molecular flexibility index (Phi) is 4.07. The molecule has 0 fully saturated rings. The van der Waals surface area contributed by atoms with Gasteiger partial charge in [0, 0.05) is 36.7 Å². The summed E-state index contributed by atoms with van der Waals surface area (Å²) < 4.78 is 14.7. The third kappa shape index (κ3) is 3.76. The number of benzene rings is 1. The van der Waals surface area contributed by atoms with E-state index in [1.807, 2.05) is 23.1 Å². The van der Waals surface area contributed by atoms with E-state index in [-0.39, 0.29) is 5.82 Å².